The molecule has 0 radical (unpaired) electrons. The highest BCUT2D eigenvalue weighted by molar-refractivity contribution is 5.98. The summed E-state index contributed by atoms with van der Waals surface area (Å²) >= 11 is 0. The van der Waals surface area contributed by atoms with Crippen molar-refractivity contribution in [3.05, 3.63) is 70.0 Å². The normalized spacial score (nSPS) is 10.7. The first-order valence-corrected chi connectivity index (χ1v) is 11.4. The smallest absolute Gasteiger partial charge is 0.294 e. The molecule has 192 valence electrons. The van der Waals surface area contributed by atoms with Crippen molar-refractivity contribution in [2.45, 2.75) is 14.4 Å². The third kappa shape index (κ3) is 5.37. The third-order valence-corrected chi connectivity index (χ3v) is 6.18. The fourth-order valence-corrected chi connectivity index (χ4v) is 4.20. The molecule has 10 nitrogen and oxygen atoms in total. The van der Waals surface area contributed by atoms with Gasteiger partial charge in [0.2, 0.25) is 5.95 Å². The van der Waals surface area contributed by atoms with Gasteiger partial charge in [-0.2, -0.15) is 5.26 Å². The number of hydrogen-bond donors (Lipinski definition) is 1. The molecule has 2 heterocycles. The summed E-state index contributed by atoms with van der Waals surface area (Å²) in [7, 11) is 7.63. The Morgan fingerprint density at radius 3 is 2.57 bits per heavy atom. The zero-order chi connectivity index (χ0) is 26.0. The van der Waals surface area contributed by atoms with E-state index >= 15 is 0 Å². The van der Waals surface area contributed by atoms with E-state index in [2.05, 4.69) is 21.4 Å². The van der Waals surface area contributed by atoms with E-state index in [-0.39, 0.29) is 24.0 Å². The molecule has 2 aromatic heterocycles. The maximum Gasteiger partial charge on any atom is 0.294 e. The predicted molar refractivity (Wildman–Crippen MR) is 148 cm³/mol. The lowest BCUT2D eigenvalue weighted by Crippen LogP contribution is -2.29. The van der Waals surface area contributed by atoms with E-state index in [9.17, 15) is 15.4 Å². The lowest BCUT2D eigenvalue weighted by Gasteiger charge is -2.22. The minimum Gasteiger partial charge on any atom is -0.368 e. The van der Waals surface area contributed by atoms with E-state index < -0.39 is 0 Å². The van der Waals surface area contributed by atoms with E-state index in [1.54, 1.807) is 18.3 Å². The van der Waals surface area contributed by atoms with Crippen molar-refractivity contribution in [3.63, 3.8) is 0 Å². The summed E-state index contributed by atoms with van der Waals surface area (Å²) in [5.41, 5.74) is 4.66. The maximum absolute atomic E-state index is 11.9. The van der Waals surface area contributed by atoms with E-state index in [1.807, 2.05) is 73.7 Å². The Bertz CT molecular complexity index is 1490. The van der Waals surface area contributed by atoms with Crippen LogP contribution in [0.3, 0.4) is 0 Å². The molecule has 0 spiro atoms. The molecule has 0 aliphatic rings. The molecular formula is C27H32N8O2. The molecule has 10 heteroatoms. The molecule has 0 bridgehead atoms. The number of aryl methyl sites for hydroxylation is 2. The van der Waals surface area contributed by atoms with Gasteiger partial charge in [0.15, 0.2) is 0 Å². The second kappa shape index (κ2) is 11.1. The van der Waals surface area contributed by atoms with Crippen molar-refractivity contribution in [1.29, 1.82) is 5.26 Å². The second-order valence-electron chi connectivity index (χ2n) is 8.94. The van der Waals surface area contributed by atoms with Crippen molar-refractivity contribution in [2.24, 2.45) is 7.05 Å². The van der Waals surface area contributed by atoms with Crippen LogP contribution in [0.4, 0.5) is 23.0 Å². The number of anilines is 3. The molecule has 0 saturated heterocycles. The Balaban J connectivity index is 0.00000380. The standard InChI is InChI=1S/C26H28N8O2.CH4/c1-17-14-22(32(4)13-12-31(2)3)23(34(35)36)15-20(17)30-26-28-11-10-19(29-26)25-18-8-6-7-9-21(18)33(5)24(25)16-27;/h6-11,14-15H,12-13H2,1-5H3,(H,28,29,30);1H4. The van der Waals surface area contributed by atoms with Gasteiger partial charge >= 0.3 is 0 Å². The Kier molecular flexibility index (Phi) is 8.10. The monoisotopic (exact) mass is 500 g/mol. The van der Waals surface area contributed by atoms with Crippen LogP contribution >= 0.6 is 0 Å². The fraction of sp³-hybridized carbons (Fsp3) is 0.296. The number of nitrogens with one attached hydrogen (secondary N) is 1. The quantitative estimate of drug-likeness (QED) is 0.262. The van der Waals surface area contributed by atoms with Crippen molar-refractivity contribution < 1.29 is 4.92 Å². The molecule has 0 saturated carbocycles. The molecule has 2 aromatic carbocycles. The van der Waals surface area contributed by atoms with Crippen LogP contribution in [0, 0.1) is 28.4 Å². The number of likely N-dealkylation sites (N-methyl/N-ethyl adjacent to an activating group) is 2. The summed E-state index contributed by atoms with van der Waals surface area (Å²) in [6, 6.07) is 15.1. The van der Waals surface area contributed by atoms with Crippen molar-refractivity contribution in [1.82, 2.24) is 19.4 Å². The average molecular weight is 501 g/mol. The van der Waals surface area contributed by atoms with E-state index in [0.29, 0.717) is 29.3 Å². The first kappa shape index (κ1) is 27.1. The Morgan fingerprint density at radius 1 is 1.16 bits per heavy atom. The van der Waals surface area contributed by atoms with Gasteiger partial charge in [0.25, 0.3) is 5.69 Å². The topological polar surface area (TPSA) is 116 Å². The molecule has 0 aliphatic heterocycles. The molecule has 4 aromatic rings. The van der Waals surface area contributed by atoms with E-state index in [4.69, 9.17) is 0 Å². The number of para-hydroxylation sites is 1. The number of benzene rings is 2. The third-order valence-electron chi connectivity index (χ3n) is 6.18. The molecule has 4 rings (SSSR count). The van der Waals surface area contributed by atoms with Crippen LogP contribution in [0.2, 0.25) is 0 Å². The number of nitro benzene ring substituents is 1. The average Bonchev–Trinajstić information content (AvgIpc) is 3.15. The number of nitriles is 1. The molecule has 0 amide bonds. The highest BCUT2D eigenvalue weighted by atomic mass is 16.6. The zero-order valence-corrected chi connectivity index (χ0v) is 21.0. The van der Waals surface area contributed by atoms with E-state index in [0.717, 1.165) is 28.6 Å². The van der Waals surface area contributed by atoms with Gasteiger partial charge in [-0.3, -0.25) is 10.1 Å². The van der Waals surface area contributed by atoms with Gasteiger partial charge in [0.05, 0.1) is 16.3 Å². The van der Waals surface area contributed by atoms with Crippen molar-refractivity contribution in [3.8, 4) is 17.3 Å². The summed E-state index contributed by atoms with van der Waals surface area (Å²) in [4.78, 5) is 24.4. The molecule has 0 aliphatic carbocycles. The fourth-order valence-electron chi connectivity index (χ4n) is 4.20. The van der Waals surface area contributed by atoms with Crippen LogP contribution in [0.25, 0.3) is 22.2 Å². The van der Waals surface area contributed by atoms with Crippen LogP contribution < -0.4 is 10.2 Å². The number of nitrogens with zero attached hydrogens (tertiary/aromatic N) is 7. The summed E-state index contributed by atoms with van der Waals surface area (Å²) in [6.07, 6.45) is 1.61. The number of aromatic nitrogens is 3. The Morgan fingerprint density at radius 2 is 1.89 bits per heavy atom. The van der Waals surface area contributed by atoms with Gasteiger partial charge in [-0.1, -0.05) is 25.6 Å². The van der Waals surface area contributed by atoms with Gasteiger partial charge in [0, 0.05) is 55.9 Å². The number of hydrogen-bond acceptors (Lipinski definition) is 8. The Hall–Kier alpha value is -4.49. The summed E-state index contributed by atoms with van der Waals surface area (Å²) in [5, 5.41) is 25.8. The number of fused-ring (bicyclic) bond motifs is 1. The highest BCUT2D eigenvalue weighted by Crippen LogP contribution is 2.36. The minimum absolute atomic E-state index is 0. The second-order valence-corrected chi connectivity index (χ2v) is 8.94. The number of nitro groups is 1. The van der Waals surface area contributed by atoms with Crippen LogP contribution in [0.1, 0.15) is 18.7 Å². The van der Waals surface area contributed by atoms with Crippen LogP contribution in [-0.2, 0) is 7.05 Å². The minimum atomic E-state index is -0.376. The van der Waals surface area contributed by atoms with Gasteiger partial charge in [-0.05, 0) is 44.8 Å². The summed E-state index contributed by atoms with van der Waals surface area (Å²) < 4.78 is 1.85. The Labute approximate surface area is 216 Å². The first-order chi connectivity index (χ1) is 17.2. The highest BCUT2D eigenvalue weighted by Gasteiger charge is 2.21. The molecule has 0 fully saturated rings. The van der Waals surface area contributed by atoms with Crippen LogP contribution in [0.5, 0.6) is 0 Å². The zero-order valence-electron chi connectivity index (χ0n) is 21.0. The molecule has 37 heavy (non-hydrogen) atoms. The summed E-state index contributed by atoms with van der Waals surface area (Å²) in [5.74, 6) is 0.287. The number of rotatable bonds is 8. The van der Waals surface area contributed by atoms with Gasteiger partial charge in [0.1, 0.15) is 17.5 Å². The largest absolute Gasteiger partial charge is 0.368 e. The van der Waals surface area contributed by atoms with Crippen molar-refractivity contribution in [2.75, 3.05) is 44.4 Å². The van der Waals surface area contributed by atoms with Gasteiger partial charge in [-0.25, -0.2) is 9.97 Å². The first-order valence-electron chi connectivity index (χ1n) is 11.4. The lowest BCUT2D eigenvalue weighted by molar-refractivity contribution is -0.384. The molecular weight excluding hydrogens is 468 g/mol. The van der Waals surface area contributed by atoms with Gasteiger partial charge in [-0.15, -0.1) is 0 Å². The summed E-state index contributed by atoms with van der Waals surface area (Å²) in [6.45, 7) is 3.31. The maximum atomic E-state index is 11.9. The molecule has 0 unspecified atom stereocenters. The lowest BCUT2D eigenvalue weighted by atomic mass is 10.1. The van der Waals surface area contributed by atoms with Crippen molar-refractivity contribution >= 4 is 33.9 Å². The predicted octanol–water partition coefficient (Wildman–Crippen LogP) is 5.10. The molecule has 0 atom stereocenters. The SMILES string of the molecule is C.Cc1cc(N(C)CCN(C)C)c([N+](=O)[O-])cc1Nc1nccc(-c2c(C#N)n(C)c3ccccc23)n1. The van der Waals surface area contributed by atoms with Gasteiger partial charge < -0.3 is 19.7 Å². The van der Waals surface area contributed by atoms with Crippen LogP contribution in [-0.4, -0.2) is 58.6 Å². The van der Waals surface area contributed by atoms with Crippen LogP contribution in [0.15, 0.2) is 48.7 Å². The molecule has 1 N–H and O–H groups in total. The van der Waals surface area contributed by atoms with E-state index in [1.165, 1.54) is 6.07 Å².